The van der Waals surface area contributed by atoms with Crippen LogP contribution < -0.4 is 30.7 Å². The number of amidine groups is 1. The molecular formula is C22H21F3N6O4. The van der Waals surface area contributed by atoms with Crippen LogP contribution in [0.5, 0.6) is 11.5 Å². The summed E-state index contributed by atoms with van der Waals surface area (Å²) in [5.41, 5.74) is 0.518. The van der Waals surface area contributed by atoms with Crippen LogP contribution in [0.15, 0.2) is 65.7 Å². The number of anilines is 2. The largest absolute Gasteiger partial charge is 0.484 e. The molecule has 0 fully saturated rings. The van der Waals surface area contributed by atoms with Crippen molar-refractivity contribution in [1.82, 2.24) is 15.6 Å². The van der Waals surface area contributed by atoms with Gasteiger partial charge in [-0.15, -0.1) is 0 Å². The topological polar surface area (TPSA) is 126 Å². The van der Waals surface area contributed by atoms with E-state index in [4.69, 9.17) is 4.74 Å². The number of likely N-dealkylation sites (N-methyl/N-ethyl adjacent to an activating group) is 1. The van der Waals surface area contributed by atoms with Crippen molar-refractivity contribution in [3.05, 3.63) is 60.7 Å². The summed E-state index contributed by atoms with van der Waals surface area (Å²) in [7, 11) is 1.49. The molecule has 2 amide bonds. The van der Waals surface area contributed by atoms with Gasteiger partial charge >= 0.3 is 12.0 Å². The normalized spacial score (nSPS) is 14.7. The van der Waals surface area contributed by atoms with Gasteiger partial charge in [0.25, 0.3) is 5.91 Å². The fourth-order valence-electron chi connectivity index (χ4n) is 2.66. The summed E-state index contributed by atoms with van der Waals surface area (Å²) in [6.07, 6.45) is -2.90. The van der Waals surface area contributed by atoms with Gasteiger partial charge in [-0.2, -0.15) is 8.78 Å². The van der Waals surface area contributed by atoms with E-state index in [-0.39, 0.29) is 41.6 Å². The zero-order valence-corrected chi connectivity index (χ0v) is 18.6. The van der Waals surface area contributed by atoms with E-state index in [0.717, 1.165) is 12.1 Å². The van der Waals surface area contributed by atoms with Gasteiger partial charge in [0, 0.05) is 18.8 Å². The number of amides is 2. The Hall–Kier alpha value is -4.55. The Balaban J connectivity index is 1.74. The molecule has 13 heteroatoms. The van der Waals surface area contributed by atoms with E-state index in [1.54, 1.807) is 24.3 Å². The van der Waals surface area contributed by atoms with Gasteiger partial charge in [0.1, 0.15) is 11.6 Å². The molecule has 35 heavy (non-hydrogen) atoms. The van der Waals surface area contributed by atoms with Crippen molar-refractivity contribution < 1.29 is 32.2 Å². The number of allylic oxidation sites excluding steroid dienone is 1. The van der Waals surface area contributed by atoms with Gasteiger partial charge in [-0.1, -0.05) is 12.6 Å². The predicted octanol–water partition coefficient (Wildman–Crippen LogP) is 3.21. The minimum absolute atomic E-state index is 0.102. The number of carbonyl (C=O) groups excluding carboxylic acids is 2. The summed E-state index contributed by atoms with van der Waals surface area (Å²) in [5, 5.41) is 9.92. The maximum Gasteiger partial charge on any atom is 0.482 e. The second kappa shape index (κ2) is 10.6. The molecule has 0 bridgehead atoms. The molecule has 1 aliphatic heterocycles. The van der Waals surface area contributed by atoms with Gasteiger partial charge in [0.2, 0.25) is 0 Å². The van der Waals surface area contributed by atoms with Crippen molar-refractivity contribution in [3.63, 3.8) is 0 Å². The van der Waals surface area contributed by atoms with Crippen LogP contribution in [0.25, 0.3) is 0 Å². The van der Waals surface area contributed by atoms with Gasteiger partial charge in [0.15, 0.2) is 35.7 Å². The average molecular weight is 490 g/mol. The van der Waals surface area contributed by atoms with E-state index < -0.39 is 17.8 Å². The van der Waals surface area contributed by atoms with Crippen LogP contribution in [0, 0.1) is 0 Å². The van der Waals surface area contributed by atoms with Crippen molar-refractivity contribution in [3.8, 4) is 11.5 Å². The fraction of sp³-hybridized carbons (Fsp3) is 0.182. The van der Waals surface area contributed by atoms with Gasteiger partial charge in [-0.25, -0.2) is 14.4 Å². The first-order chi connectivity index (χ1) is 16.6. The molecule has 1 aromatic heterocycles. The molecule has 184 valence electrons. The summed E-state index contributed by atoms with van der Waals surface area (Å²) < 4.78 is 50.9. The number of alkyl halides is 2. The number of hydrogen-bond acceptors (Lipinski definition) is 7. The average Bonchev–Trinajstić information content (AvgIpc) is 2.82. The molecule has 2 heterocycles. The van der Waals surface area contributed by atoms with Crippen LogP contribution in [-0.2, 0) is 9.59 Å². The monoisotopic (exact) mass is 490 g/mol. The molecule has 1 aliphatic rings. The lowest BCUT2D eigenvalue weighted by atomic mass is 10.3. The molecule has 10 nitrogen and oxygen atoms in total. The quantitative estimate of drug-likeness (QED) is 0.331. The van der Waals surface area contributed by atoms with Crippen LogP contribution in [0.3, 0.4) is 0 Å². The van der Waals surface area contributed by atoms with Gasteiger partial charge in [-0.3, -0.25) is 14.9 Å². The first-order valence-electron chi connectivity index (χ1n) is 10.1. The Kier molecular flexibility index (Phi) is 7.59. The molecule has 0 atom stereocenters. The Morgan fingerprint density at radius 2 is 2.11 bits per heavy atom. The van der Waals surface area contributed by atoms with Crippen molar-refractivity contribution in [2.75, 3.05) is 24.3 Å². The predicted molar refractivity (Wildman–Crippen MR) is 122 cm³/mol. The lowest BCUT2D eigenvalue weighted by Gasteiger charge is -2.23. The standard InChI is InChI=1S/C22H21F3N6O4/c1-4-15(23)19(29-17-9-8-16-20(30-17)31-21(33)22(24,25)35-16)28-12(2)27-13-6-5-7-14(10-13)34-11-18(32)26-3/h4-10,27H,2,11H2,1,3H3,(H,26,32)(H2,28,29,30,31,33)/b15-4+. The maximum absolute atomic E-state index is 14.5. The Morgan fingerprint density at radius 3 is 2.83 bits per heavy atom. The summed E-state index contributed by atoms with van der Waals surface area (Å²) in [6.45, 7) is 5.05. The number of benzene rings is 1. The van der Waals surface area contributed by atoms with Gasteiger partial charge < -0.3 is 25.4 Å². The third-order valence-electron chi connectivity index (χ3n) is 4.33. The zero-order valence-electron chi connectivity index (χ0n) is 18.6. The minimum atomic E-state index is -4.03. The zero-order chi connectivity index (χ0) is 25.6. The van der Waals surface area contributed by atoms with Crippen LogP contribution in [0.4, 0.5) is 30.5 Å². The fourth-order valence-corrected chi connectivity index (χ4v) is 2.66. The molecule has 0 saturated carbocycles. The maximum atomic E-state index is 14.5. The van der Waals surface area contributed by atoms with Crippen molar-refractivity contribution >= 4 is 35.0 Å². The molecule has 2 aromatic rings. The molecule has 1 aromatic carbocycles. The molecular weight excluding hydrogens is 469 g/mol. The number of ether oxygens (including phenoxy) is 2. The van der Waals surface area contributed by atoms with Gasteiger partial charge in [0.05, 0.1) is 0 Å². The number of aliphatic imine (C=N–C) groups is 1. The van der Waals surface area contributed by atoms with E-state index >= 15 is 0 Å². The smallest absolute Gasteiger partial charge is 0.482 e. The molecule has 3 rings (SSSR count). The number of pyridine rings is 1. The summed E-state index contributed by atoms with van der Waals surface area (Å²) in [5.74, 6) is -3.25. The van der Waals surface area contributed by atoms with Crippen molar-refractivity contribution in [2.24, 2.45) is 4.99 Å². The highest BCUT2D eigenvalue weighted by atomic mass is 19.3. The van der Waals surface area contributed by atoms with Crippen LogP contribution in [0.1, 0.15) is 6.92 Å². The lowest BCUT2D eigenvalue weighted by Crippen LogP contribution is -2.43. The molecule has 4 N–H and O–H groups in total. The minimum Gasteiger partial charge on any atom is -0.484 e. The second-order valence-electron chi connectivity index (χ2n) is 6.90. The van der Waals surface area contributed by atoms with E-state index in [0.29, 0.717) is 11.4 Å². The van der Waals surface area contributed by atoms with E-state index in [2.05, 4.69) is 37.2 Å². The molecule has 0 saturated heterocycles. The summed E-state index contributed by atoms with van der Waals surface area (Å²) in [6, 6.07) is 8.94. The molecule has 0 spiro atoms. The highest BCUT2D eigenvalue weighted by Crippen LogP contribution is 2.35. The Morgan fingerprint density at radius 1 is 1.34 bits per heavy atom. The number of aromatic nitrogens is 1. The third-order valence-corrected chi connectivity index (χ3v) is 4.33. The van der Waals surface area contributed by atoms with Crippen LogP contribution >= 0.6 is 0 Å². The number of nitrogens with one attached hydrogen (secondary N) is 4. The van der Waals surface area contributed by atoms with Crippen molar-refractivity contribution in [2.45, 2.75) is 13.0 Å². The first kappa shape index (κ1) is 25.1. The highest BCUT2D eigenvalue weighted by Gasteiger charge is 2.46. The van der Waals surface area contributed by atoms with Gasteiger partial charge in [-0.05, 0) is 37.3 Å². The number of fused-ring (bicyclic) bond motifs is 1. The third kappa shape index (κ3) is 6.50. The van der Waals surface area contributed by atoms with E-state index in [9.17, 15) is 22.8 Å². The van der Waals surface area contributed by atoms with Crippen LogP contribution in [0.2, 0.25) is 0 Å². The number of carbonyl (C=O) groups is 2. The molecule has 0 unspecified atom stereocenters. The number of rotatable bonds is 8. The van der Waals surface area contributed by atoms with E-state index in [1.165, 1.54) is 20.0 Å². The van der Waals surface area contributed by atoms with Crippen LogP contribution in [-0.4, -0.2) is 42.4 Å². The second-order valence-corrected chi connectivity index (χ2v) is 6.90. The number of hydrogen-bond donors (Lipinski definition) is 4. The summed E-state index contributed by atoms with van der Waals surface area (Å²) >= 11 is 0. The van der Waals surface area contributed by atoms with Crippen molar-refractivity contribution in [1.29, 1.82) is 0 Å². The Bertz CT molecular complexity index is 1220. The number of halogens is 3. The lowest BCUT2D eigenvalue weighted by molar-refractivity contribution is -0.189. The molecule has 0 aliphatic carbocycles. The van der Waals surface area contributed by atoms with E-state index in [1.807, 2.05) is 5.32 Å². The SMILES string of the molecule is C=C(NC(=Nc1ccc2c(n1)NC(=O)C(F)(F)O2)/C(F)=C\C)Nc1cccc(OCC(=O)NC)c1. The number of nitrogens with zero attached hydrogens (tertiary/aromatic N) is 2. The highest BCUT2D eigenvalue weighted by molar-refractivity contribution is 6.00. The first-order valence-corrected chi connectivity index (χ1v) is 10.1. The Labute approximate surface area is 197 Å². The molecule has 0 radical (unpaired) electrons. The summed E-state index contributed by atoms with van der Waals surface area (Å²) in [4.78, 5) is 30.7.